The van der Waals surface area contributed by atoms with Gasteiger partial charge >= 0.3 is 5.97 Å². The highest BCUT2D eigenvalue weighted by Crippen LogP contribution is 2.52. The second-order valence-electron chi connectivity index (χ2n) is 10.7. The van der Waals surface area contributed by atoms with Gasteiger partial charge in [-0.3, -0.25) is 14.5 Å². The Hall–Kier alpha value is -2.13. The van der Waals surface area contributed by atoms with Crippen LogP contribution in [0.25, 0.3) is 0 Å². The lowest BCUT2D eigenvalue weighted by Crippen LogP contribution is -2.59. The highest BCUT2D eigenvalue weighted by atomic mass is 35.5. The number of hydrogen-bond acceptors (Lipinski definition) is 5. The van der Waals surface area contributed by atoms with Crippen molar-refractivity contribution in [2.75, 3.05) is 31.1 Å². The molecule has 1 amide bonds. The van der Waals surface area contributed by atoms with Gasteiger partial charge in [-0.05, 0) is 48.2 Å². The molecule has 10 heteroatoms. The molecule has 38 heavy (non-hydrogen) atoms. The van der Waals surface area contributed by atoms with Gasteiger partial charge in [0.25, 0.3) is 0 Å². The first-order chi connectivity index (χ1) is 17.9. The van der Waals surface area contributed by atoms with Crippen molar-refractivity contribution >= 4 is 44.9 Å². The molecule has 4 atom stereocenters. The summed E-state index contributed by atoms with van der Waals surface area (Å²) in [5.41, 5.74) is 0.718. The predicted molar refractivity (Wildman–Crippen MR) is 149 cm³/mol. The fourth-order valence-electron chi connectivity index (χ4n) is 5.93. The Morgan fingerprint density at radius 2 is 1.74 bits per heavy atom. The van der Waals surface area contributed by atoms with E-state index in [2.05, 4.69) is 4.90 Å². The summed E-state index contributed by atoms with van der Waals surface area (Å²) >= 11 is 12.6. The Balaban J connectivity index is 1.82. The number of hydrogen-bond donors (Lipinski definition) is 1. The minimum Gasteiger partial charge on any atom is -0.481 e. The molecule has 2 saturated heterocycles. The zero-order valence-electron chi connectivity index (χ0n) is 21.6. The van der Waals surface area contributed by atoms with Crippen LogP contribution in [0.2, 0.25) is 10.0 Å². The molecule has 206 valence electrons. The van der Waals surface area contributed by atoms with Crippen LogP contribution >= 0.6 is 23.2 Å². The number of carbonyl (C=O) groups is 2. The summed E-state index contributed by atoms with van der Waals surface area (Å²) in [6.07, 6.45) is 0.691. The van der Waals surface area contributed by atoms with Crippen molar-refractivity contribution in [1.29, 1.82) is 0 Å². The van der Waals surface area contributed by atoms with Crippen molar-refractivity contribution in [2.24, 2.45) is 5.41 Å². The zero-order chi connectivity index (χ0) is 27.7. The molecule has 4 unspecified atom stereocenters. The second kappa shape index (κ2) is 11.5. The van der Waals surface area contributed by atoms with Crippen LogP contribution in [0.4, 0.5) is 0 Å². The number of nitrogens with zero attached hydrogens (tertiary/aromatic N) is 2. The average molecular weight is 582 g/mol. The second-order valence-corrected chi connectivity index (χ2v) is 13.9. The molecule has 0 radical (unpaired) electrons. The lowest BCUT2D eigenvalue weighted by molar-refractivity contribution is -0.161. The number of sulfone groups is 1. The number of halogens is 2. The fourth-order valence-corrected chi connectivity index (χ4v) is 7.53. The summed E-state index contributed by atoms with van der Waals surface area (Å²) in [6, 6.07) is 14.4. The SMILES string of the molecule is CCC(CN1CCS(=O)(=O)CC1)N1C(=O)C(C)(CC(=O)O)CC(c2cccc(Cl)c2)C1c1ccc(Cl)cc1. The van der Waals surface area contributed by atoms with Gasteiger partial charge in [0.2, 0.25) is 5.91 Å². The lowest BCUT2D eigenvalue weighted by Gasteiger charge is -2.52. The standard InChI is InChI=1S/C28H34Cl2N2O5S/c1-3-23(18-31-11-13-38(36,37)14-12-31)32-26(19-7-9-21(29)10-8-19)24(20-5-4-6-22(30)15-20)16-28(2,27(32)35)17-25(33)34/h4-10,15,23-24,26H,3,11-14,16-18H2,1-2H3,(H,33,34). The van der Waals surface area contributed by atoms with Crippen molar-refractivity contribution in [3.05, 3.63) is 69.7 Å². The molecule has 0 aliphatic carbocycles. The Kier molecular flexibility index (Phi) is 8.77. The number of carboxylic acid groups (broad SMARTS) is 1. The van der Waals surface area contributed by atoms with Crippen LogP contribution < -0.4 is 0 Å². The maximum absolute atomic E-state index is 14.3. The van der Waals surface area contributed by atoms with E-state index >= 15 is 0 Å². The first-order valence-corrected chi connectivity index (χ1v) is 15.5. The van der Waals surface area contributed by atoms with E-state index in [1.165, 1.54) is 0 Å². The number of carboxylic acids is 1. The van der Waals surface area contributed by atoms with Crippen LogP contribution in [0.3, 0.4) is 0 Å². The molecule has 2 aromatic carbocycles. The maximum atomic E-state index is 14.3. The van der Waals surface area contributed by atoms with E-state index in [9.17, 15) is 23.1 Å². The van der Waals surface area contributed by atoms with Gasteiger partial charge in [0, 0.05) is 41.6 Å². The van der Waals surface area contributed by atoms with E-state index in [4.69, 9.17) is 23.2 Å². The number of aliphatic carboxylic acids is 1. The molecule has 2 aliphatic rings. The summed E-state index contributed by atoms with van der Waals surface area (Å²) in [5.74, 6) is -1.24. The molecule has 0 bridgehead atoms. The summed E-state index contributed by atoms with van der Waals surface area (Å²) < 4.78 is 24.0. The van der Waals surface area contributed by atoms with Crippen LogP contribution in [-0.4, -0.2) is 72.4 Å². The van der Waals surface area contributed by atoms with Crippen LogP contribution in [0.1, 0.15) is 56.2 Å². The molecule has 1 N–H and O–H groups in total. The zero-order valence-corrected chi connectivity index (χ0v) is 24.0. The van der Waals surface area contributed by atoms with Crippen molar-refractivity contribution in [3.8, 4) is 0 Å². The molecular formula is C28H34Cl2N2O5S. The highest BCUT2D eigenvalue weighted by molar-refractivity contribution is 7.91. The van der Waals surface area contributed by atoms with Gasteiger partial charge in [-0.1, -0.05) is 61.3 Å². The Bertz CT molecular complexity index is 1270. The number of piperidine rings is 1. The number of carbonyl (C=O) groups excluding carboxylic acids is 1. The van der Waals surface area contributed by atoms with Gasteiger partial charge in [-0.2, -0.15) is 0 Å². The van der Waals surface area contributed by atoms with Crippen molar-refractivity contribution in [3.63, 3.8) is 0 Å². The summed E-state index contributed by atoms with van der Waals surface area (Å²) in [7, 11) is -3.05. The Morgan fingerprint density at radius 1 is 1.08 bits per heavy atom. The number of benzene rings is 2. The van der Waals surface area contributed by atoms with Gasteiger partial charge in [0.1, 0.15) is 0 Å². The first kappa shape index (κ1) is 28.9. The van der Waals surface area contributed by atoms with E-state index in [0.717, 1.165) is 11.1 Å². The van der Waals surface area contributed by atoms with Crippen molar-refractivity contribution in [1.82, 2.24) is 9.80 Å². The summed E-state index contributed by atoms with van der Waals surface area (Å²) in [4.78, 5) is 30.3. The molecule has 4 rings (SSSR count). The van der Waals surface area contributed by atoms with E-state index in [1.54, 1.807) is 25.1 Å². The highest BCUT2D eigenvalue weighted by Gasteiger charge is 2.52. The van der Waals surface area contributed by atoms with E-state index < -0.39 is 21.2 Å². The molecule has 2 aromatic rings. The van der Waals surface area contributed by atoms with Gasteiger partial charge in [0.05, 0.1) is 29.4 Å². The Labute approximate surface area is 234 Å². The monoisotopic (exact) mass is 580 g/mol. The van der Waals surface area contributed by atoms with Gasteiger partial charge in [-0.15, -0.1) is 0 Å². The fraction of sp³-hybridized carbons (Fsp3) is 0.500. The average Bonchev–Trinajstić information content (AvgIpc) is 2.85. The third-order valence-corrected chi connectivity index (χ3v) is 10.00. The molecule has 2 fully saturated rings. The van der Waals surface area contributed by atoms with E-state index in [0.29, 0.717) is 42.5 Å². The predicted octanol–water partition coefficient (Wildman–Crippen LogP) is 5.04. The summed E-state index contributed by atoms with van der Waals surface area (Å²) in [5, 5.41) is 10.9. The van der Waals surface area contributed by atoms with Gasteiger partial charge < -0.3 is 10.0 Å². The van der Waals surface area contributed by atoms with E-state index in [-0.39, 0.29) is 41.8 Å². The lowest BCUT2D eigenvalue weighted by atomic mass is 9.67. The largest absolute Gasteiger partial charge is 0.481 e. The number of likely N-dealkylation sites (tertiary alicyclic amines) is 1. The van der Waals surface area contributed by atoms with E-state index in [1.807, 2.05) is 42.2 Å². The van der Waals surface area contributed by atoms with Gasteiger partial charge in [0.15, 0.2) is 9.84 Å². The maximum Gasteiger partial charge on any atom is 0.304 e. The van der Waals surface area contributed by atoms with Crippen LogP contribution in [-0.2, 0) is 19.4 Å². The molecule has 0 aromatic heterocycles. The smallest absolute Gasteiger partial charge is 0.304 e. The molecule has 0 spiro atoms. The normalized spacial score (nSPS) is 26.7. The molecule has 2 aliphatic heterocycles. The first-order valence-electron chi connectivity index (χ1n) is 12.9. The molecular weight excluding hydrogens is 547 g/mol. The summed E-state index contributed by atoms with van der Waals surface area (Å²) in [6.45, 7) is 5.09. The van der Waals surface area contributed by atoms with Crippen LogP contribution in [0, 0.1) is 5.41 Å². The third kappa shape index (κ3) is 6.36. The van der Waals surface area contributed by atoms with Gasteiger partial charge in [-0.25, -0.2) is 8.42 Å². The number of rotatable bonds is 8. The van der Waals surface area contributed by atoms with Crippen LogP contribution in [0.5, 0.6) is 0 Å². The van der Waals surface area contributed by atoms with Crippen molar-refractivity contribution in [2.45, 2.75) is 51.1 Å². The topological polar surface area (TPSA) is 95.0 Å². The third-order valence-electron chi connectivity index (χ3n) is 7.90. The minimum atomic E-state index is -3.05. The quantitative estimate of drug-likeness (QED) is 0.470. The van der Waals surface area contributed by atoms with Crippen molar-refractivity contribution < 1.29 is 23.1 Å². The number of amides is 1. The molecule has 2 heterocycles. The molecule has 7 nitrogen and oxygen atoms in total. The minimum absolute atomic E-state index is 0.0971. The molecule has 0 saturated carbocycles. The van der Waals surface area contributed by atoms with Crippen LogP contribution in [0.15, 0.2) is 48.5 Å². The Morgan fingerprint density at radius 3 is 2.32 bits per heavy atom.